The Hall–Kier alpha value is -1.15. The van der Waals surface area contributed by atoms with Gasteiger partial charge < -0.3 is 9.94 Å². The van der Waals surface area contributed by atoms with E-state index in [9.17, 15) is 18.8 Å². The lowest BCUT2D eigenvalue weighted by molar-refractivity contribution is -0.991. The third-order valence-corrected chi connectivity index (χ3v) is 3.72. The molecule has 0 aliphatic heterocycles. The predicted octanol–water partition coefficient (Wildman–Crippen LogP) is 0.941. The van der Waals surface area contributed by atoms with Crippen LogP contribution in [0.2, 0.25) is 0 Å². The van der Waals surface area contributed by atoms with E-state index in [0.29, 0.717) is 5.56 Å². The summed E-state index contributed by atoms with van der Waals surface area (Å²) in [5, 5.41) is 19.5. The smallest absolute Gasteiger partial charge is 0.206 e. The van der Waals surface area contributed by atoms with Crippen LogP contribution in [0.1, 0.15) is 31.9 Å². The minimum atomic E-state index is -3.29. The topological polar surface area (TPSA) is 91.1 Å². The van der Waals surface area contributed by atoms with Crippen LogP contribution in [-0.4, -0.2) is 27.0 Å². The van der Waals surface area contributed by atoms with Crippen LogP contribution in [0, 0.1) is 5.21 Å². The van der Waals surface area contributed by atoms with Crippen LogP contribution in [0.25, 0.3) is 0 Å². The van der Waals surface area contributed by atoms with Crippen LogP contribution in [0.3, 0.4) is 0 Å². The molecule has 1 atom stereocenters. The number of benzene rings is 1. The van der Waals surface area contributed by atoms with Gasteiger partial charge in [0.05, 0.1) is 12.9 Å². The minimum Gasteiger partial charge on any atom is -0.595 e. The molecular weight excluding hydrogens is 282 g/mol. The maximum absolute atomic E-state index is 11.5. The van der Waals surface area contributed by atoms with Gasteiger partial charge >= 0.3 is 0 Å². The van der Waals surface area contributed by atoms with E-state index >= 15 is 0 Å². The molecule has 6 nitrogen and oxygen atoms in total. The van der Waals surface area contributed by atoms with Gasteiger partial charge in [-0.05, 0) is 11.0 Å². The van der Waals surface area contributed by atoms with E-state index in [2.05, 4.69) is 0 Å². The van der Waals surface area contributed by atoms with Crippen molar-refractivity contribution in [2.75, 3.05) is 13.4 Å². The largest absolute Gasteiger partial charge is 0.595 e. The second-order valence-corrected chi connectivity index (χ2v) is 7.98. The molecule has 0 spiro atoms. The first-order chi connectivity index (χ1) is 8.95. The van der Waals surface area contributed by atoms with Gasteiger partial charge in [-0.3, -0.25) is 0 Å². The van der Waals surface area contributed by atoms with Crippen LogP contribution < -0.4 is 9.96 Å². The van der Waals surface area contributed by atoms with E-state index in [1.54, 1.807) is 6.07 Å². The van der Waals surface area contributed by atoms with Crippen molar-refractivity contribution in [2.24, 2.45) is 0 Å². The van der Waals surface area contributed by atoms with Gasteiger partial charge in [0, 0.05) is 17.9 Å². The van der Waals surface area contributed by atoms with Crippen LogP contribution >= 0.6 is 0 Å². The average Bonchev–Trinajstić information content (AvgIpc) is 2.24. The highest BCUT2D eigenvalue weighted by molar-refractivity contribution is 7.89. The lowest BCUT2D eigenvalue weighted by Gasteiger charge is -2.24. The van der Waals surface area contributed by atoms with E-state index in [0.717, 1.165) is 11.8 Å². The van der Waals surface area contributed by atoms with Crippen molar-refractivity contribution in [3.63, 3.8) is 0 Å². The summed E-state index contributed by atoms with van der Waals surface area (Å²) in [5.41, 5.74) is 0.829. The first-order valence-electron chi connectivity index (χ1n) is 6.08. The second-order valence-electron chi connectivity index (χ2n) is 5.84. The molecule has 0 aliphatic rings. The first kappa shape index (κ1) is 16.9. The Bertz CT molecular complexity index is 588. The standard InChI is InChI=1S/C13H21NO5S/c1-13(2,3)10-6-9(8-20(5,17)18)12(19-4)11(7-10)14(15)16/h6-7,14-15H,8H2,1-5H3. The third-order valence-electron chi connectivity index (χ3n) is 2.88. The normalized spacial score (nSPS) is 14.2. The number of quaternary nitrogens is 1. The van der Waals surface area contributed by atoms with Crippen molar-refractivity contribution in [3.8, 4) is 5.75 Å². The molecule has 1 aromatic rings. The minimum absolute atomic E-state index is 0.0152. The Labute approximate surface area is 119 Å². The van der Waals surface area contributed by atoms with Gasteiger partial charge in [-0.15, -0.1) is 0 Å². The Balaban J connectivity index is 3.57. The summed E-state index contributed by atoms with van der Waals surface area (Å²) < 4.78 is 28.1. The quantitative estimate of drug-likeness (QED) is 0.808. The lowest BCUT2D eigenvalue weighted by atomic mass is 9.85. The molecular formula is C13H21NO5S. The highest BCUT2D eigenvalue weighted by atomic mass is 32.2. The molecule has 1 rings (SSSR count). The number of hydrogen-bond donors (Lipinski definition) is 2. The van der Waals surface area contributed by atoms with E-state index < -0.39 is 15.1 Å². The zero-order chi connectivity index (χ0) is 15.7. The maximum Gasteiger partial charge on any atom is 0.206 e. The van der Waals surface area contributed by atoms with Crippen LogP contribution in [0.15, 0.2) is 12.1 Å². The Morgan fingerprint density at radius 2 is 1.90 bits per heavy atom. The van der Waals surface area contributed by atoms with E-state index in [-0.39, 0.29) is 22.6 Å². The molecule has 0 amide bonds. The maximum atomic E-state index is 11.5. The van der Waals surface area contributed by atoms with E-state index in [1.165, 1.54) is 13.2 Å². The zero-order valence-electron chi connectivity index (χ0n) is 12.4. The summed E-state index contributed by atoms with van der Waals surface area (Å²) >= 11 is 0. The summed E-state index contributed by atoms with van der Waals surface area (Å²) in [5.74, 6) is -0.142. The van der Waals surface area contributed by atoms with Crippen molar-refractivity contribution < 1.29 is 23.6 Å². The summed E-state index contributed by atoms with van der Waals surface area (Å²) in [6.07, 6.45) is 1.11. The molecule has 1 unspecified atom stereocenters. The molecule has 20 heavy (non-hydrogen) atoms. The molecule has 114 valence electrons. The summed E-state index contributed by atoms with van der Waals surface area (Å²) in [4.78, 5) is 0. The third kappa shape index (κ3) is 4.17. The molecule has 0 saturated heterocycles. The van der Waals surface area contributed by atoms with Gasteiger partial charge in [-0.1, -0.05) is 26.8 Å². The van der Waals surface area contributed by atoms with Crippen LogP contribution in [-0.2, 0) is 21.0 Å². The number of ether oxygens (including phenoxy) is 1. The highest BCUT2D eigenvalue weighted by Crippen LogP contribution is 2.34. The molecule has 0 aliphatic carbocycles. The van der Waals surface area contributed by atoms with Gasteiger partial charge in [-0.25, -0.2) is 13.6 Å². The number of nitrogens with one attached hydrogen (secondary N) is 1. The Morgan fingerprint density at radius 3 is 2.25 bits per heavy atom. The molecule has 0 radical (unpaired) electrons. The lowest BCUT2D eigenvalue weighted by Crippen LogP contribution is -2.99. The van der Waals surface area contributed by atoms with E-state index in [4.69, 9.17) is 4.74 Å². The SMILES string of the molecule is COc1c(CS(C)(=O)=O)cc(C(C)(C)C)cc1[NH+]([O-])O. The van der Waals surface area contributed by atoms with Crippen LogP contribution in [0.4, 0.5) is 5.69 Å². The molecule has 0 aromatic heterocycles. The average molecular weight is 303 g/mol. The van der Waals surface area contributed by atoms with Gasteiger partial charge in [0.1, 0.15) is 0 Å². The molecule has 1 aromatic carbocycles. The molecule has 0 bridgehead atoms. The fourth-order valence-corrected chi connectivity index (χ4v) is 2.69. The van der Waals surface area contributed by atoms with Crippen LogP contribution in [0.5, 0.6) is 5.75 Å². The number of hydrogen-bond acceptors (Lipinski definition) is 5. The van der Waals surface area contributed by atoms with Crippen molar-refractivity contribution >= 4 is 15.5 Å². The highest BCUT2D eigenvalue weighted by Gasteiger charge is 2.24. The van der Waals surface area contributed by atoms with Gasteiger partial charge in [-0.2, -0.15) is 5.23 Å². The number of rotatable bonds is 4. The Kier molecular flexibility index (Phi) is 4.81. The molecule has 0 saturated carbocycles. The van der Waals surface area contributed by atoms with Crippen molar-refractivity contribution in [2.45, 2.75) is 31.9 Å². The van der Waals surface area contributed by atoms with E-state index in [1.807, 2.05) is 20.8 Å². The summed E-state index contributed by atoms with van der Waals surface area (Å²) in [6, 6.07) is 3.24. The Morgan fingerprint density at radius 1 is 1.35 bits per heavy atom. The predicted molar refractivity (Wildman–Crippen MR) is 76.0 cm³/mol. The van der Waals surface area contributed by atoms with Gasteiger partial charge in [0.2, 0.25) is 5.69 Å². The first-order valence-corrected chi connectivity index (χ1v) is 8.14. The summed E-state index contributed by atoms with van der Waals surface area (Å²) in [6.45, 7) is 5.81. The second kappa shape index (κ2) is 5.69. The molecule has 7 heteroatoms. The zero-order valence-corrected chi connectivity index (χ0v) is 13.2. The number of methoxy groups -OCH3 is 1. The fraction of sp³-hybridized carbons (Fsp3) is 0.538. The molecule has 0 heterocycles. The van der Waals surface area contributed by atoms with Crippen molar-refractivity contribution in [1.29, 1.82) is 0 Å². The van der Waals surface area contributed by atoms with Gasteiger partial charge in [0.25, 0.3) is 0 Å². The van der Waals surface area contributed by atoms with Gasteiger partial charge in [0.15, 0.2) is 15.6 Å². The molecule has 0 fully saturated rings. The summed E-state index contributed by atoms with van der Waals surface area (Å²) in [7, 11) is -1.95. The fourth-order valence-electron chi connectivity index (χ4n) is 1.91. The molecule has 2 N–H and O–H groups in total. The number of sulfone groups is 1. The van der Waals surface area contributed by atoms with Crippen molar-refractivity contribution in [3.05, 3.63) is 28.5 Å². The monoisotopic (exact) mass is 303 g/mol. The van der Waals surface area contributed by atoms with Crippen molar-refractivity contribution in [1.82, 2.24) is 0 Å².